The molecule has 3 nitrogen and oxygen atoms in total. The van der Waals surface area contributed by atoms with Gasteiger partial charge >= 0.3 is 0 Å². The Morgan fingerprint density at radius 2 is 1.73 bits per heavy atom. The molecule has 1 heterocycles. The van der Waals surface area contributed by atoms with E-state index in [0.29, 0.717) is 0 Å². The summed E-state index contributed by atoms with van der Waals surface area (Å²) in [5, 5.41) is 8.26. The van der Waals surface area contributed by atoms with Gasteiger partial charge in [0.25, 0.3) is 0 Å². The van der Waals surface area contributed by atoms with Crippen LogP contribution in [0.3, 0.4) is 0 Å². The fourth-order valence-electron chi connectivity index (χ4n) is 2.75. The average molecular weight is 368 g/mol. The van der Waals surface area contributed by atoms with Crippen LogP contribution in [0.5, 0.6) is 0 Å². The predicted octanol–water partition coefficient (Wildman–Crippen LogP) is 4.44. The van der Waals surface area contributed by atoms with E-state index < -0.39 is 0 Å². The second-order valence-electron chi connectivity index (χ2n) is 6.08. The molecule has 0 spiro atoms. The van der Waals surface area contributed by atoms with Crippen molar-refractivity contribution in [3.8, 4) is 0 Å². The molecule has 0 saturated heterocycles. The van der Waals surface area contributed by atoms with Crippen molar-refractivity contribution >= 4 is 17.2 Å². The van der Waals surface area contributed by atoms with Crippen molar-refractivity contribution in [1.29, 1.82) is 0 Å². The molecule has 0 aliphatic carbocycles. The van der Waals surface area contributed by atoms with Crippen LogP contribution in [0.15, 0.2) is 72.1 Å². The molecule has 0 bridgehead atoms. The Hall–Kier alpha value is -2.50. The first-order valence-electron chi connectivity index (χ1n) is 8.50. The molecule has 2 aromatic carbocycles. The van der Waals surface area contributed by atoms with Crippen LogP contribution in [-0.2, 0) is 4.79 Å². The molecule has 3 aromatic rings. The van der Waals surface area contributed by atoms with E-state index in [0.717, 1.165) is 16.0 Å². The third-order valence-corrected chi connectivity index (χ3v) is 5.14. The molecule has 2 N–H and O–H groups in total. The fourth-order valence-corrected chi connectivity index (χ4v) is 3.55. The number of halogens is 1. The average Bonchev–Trinajstić information content (AvgIpc) is 3.20. The van der Waals surface area contributed by atoms with Gasteiger partial charge < -0.3 is 10.6 Å². The van der Waals surface area contributed by atoms with Crippen molar-refractivity contribution in [2.75, 3.05) is 6.54 Å². The Morgan fingerprint density at radius 1 is 1.00 bits per heavy atom. The lowest BCUT2D eigenvalue weighted by Gasteiger charge is -2.20. The van der Waals surface area contributed by atoms with Gasteiger partial charge in [-0.2, -0.15) is 0 Å². The molecule has 0 fully saturated rings. The summed E-state index contributed by atoms with van der Waals surface area (Å²) >= 11 is 1.56. The molecule has 26 heavy (non-hydrogen) atoms. The number of rotatable bonds is 7. The third-order valence-electron chi connectivity index (χ3n) is 4.20. The van der Waals surface area contributed by atoms with Gasteiger partial charge in [-0.1, -0.05) is 48.5 Å². The summed E-state index contributed by atoms with van der Waals surface area (Å²) in [6.45, 7) is 2.23. The van der Waals surface area contributed by atoms with Gasteiger partial charge in [-0.3, -0.25) is 4.79 Å². The lowest BCUT2D eigenvalue weighted by Crippen LogP contribution is -2.37. The van der Waals surface area contributed by atoms with Gasteiger partial charge in [-0.25, -0.2) is 4.39 Å². The van der Waals surface area contributed by atoms with Crippen LogP contribution in [0.1, 0.15) is 35.0 Å². The number of hydrogen-bond donors (Lipinski definition) is 2. The monoisotopic (exact) mass is 368 g/mol. The molecule has 0 unspecified atom stereocenters. The van der Waals surface area contributed by atoms with E-state index in [-0.39, 0.29) is 30.4 Å². The van der Waals surface area contributed by atoms with Gasteiger partial charge in [0.15, 0.2) is 0 Å². The lowest BCUT2D eigenvalue weighted by molar-refractivity contribution is -0.120. The molecule has 0 radical (unpaired) electrons. The summed E-state index contributed by atoms with van der Waals surface area (Å²) in [7, 11) is 0. The van der Waals surface area contributed by atoms with Crippen molar-refractivity contribution in [2.45, 2.75) is 19.0 Å². The molecule has 3 rings (SSSR count). The highest BCUT2D eigenvalue weighted by Crippen LogP contribution is 2.26. The standard InChI is InChI=1S/C21H21FN2OS/c1-15(16-6-3-2-4-7-16)23-14-20(25)24-21(19-8-5-13-26-19)17-9-11-18(22)12-10-17/h2-13,15,21,23H,14H2,1H3,(H,24,25)/t15-,21+/m0/s1. The minimum absolute atomic E-state index is 0.0768. The van der Waals surface area contributed by atoms with E-state index in [1.165, 1.54) is 12.1 Å². The minimum Gasteiger partial charge on any atom is -0.343 e. The predicted molar refractivity (Wildman–Crippen MR) is 104 cm³/mol. The molecule has 0 aliphatic heterocycles. The molecule has 0 saturated carbocycles. The summed E-state index contributed by atoms with van der Waals surface area (Å²) in [6, 6.07) is 19.9. The van der Waals surface area contributed by atoms with E-state index in [4.69, 9.17) is 0 Å². The second-order valence-corrected chi connectivity index (χ2v) is 7.06. The zero-order chi connectivity index (χ0) is 18.4. The Kier molecular flexibility index (Phi) is 6.15. The van der Waals surface area contributed by atoms with Gasteiger partial charge in [0, 0.05) is 10.9 Å². The third kappa shape index (κ3) is 4.77. The normalized spacial score (nSPS) is 13.2. The van der Waals surface area contributed by atoms with E-state index in [1.807, 2.05) is 54.8 Å². The Morgan fingerprint density at radius 3 is 2.38 bits per heavy atom. The number of amides is 1. The number of carbonyl (C=O) groups excluding carboxylic acids is 1. The lowest BCUT2D eigenvalue weighted by atomic mass is 10.1. The smallest absolute Gasteiger partial charge is 0.234 e. The Labute approximate surface area is 156 Å². The van der Waals surface area contributed by atoms with Crippen LogP contribution in [0.25, 0.3) is 0 Å². The number of nitrogens with one attached hydrogen (secondary N) is 2. The van der Waals surface area contributed by atoms with Crippen LogP contribution in [0, 0.1) is 5.82 Å². The van der Waals surface area contributed by atoms with E-state index >= 15 is 0 Å². The van der Waals surface area contributed by atoms with Gasteiger partial charge in [0.1, 0.15) is 5.82 Å². The van der Waals surface area contributed by atoms with Crippen LogP contribution >= 0.6 is 11.3 Å². The topological polar surface area (TPSA) is 41.1 Å². The van der Waals surface area contributed by atoms with Crippen LogP contribution in [0.4, 0.5) is 4.39 Å². The summed E-state index contributed by atoms with van der Waals surface area (Å²) < 4.78 is 13.2. The van der Waals surface area contributed by atoms with E-state index in [1.54, 1.807) is 23.5 Å². The van der Waals surface area contributed by atoms with Gasteiger partial charge in [-0.15, -0.1) is 11.3 Å². The van der Waals surface area contributed by atoms with E-state index in [2.05, 4.69) is 10.6 Å². The van der Waals surface area contributed by atoms with Crippen LogP contribution in [0.2, 0.25) is 0 Å². The van der Waals surface area contributed by atoms with Crippen molar-refractivity contribution in [2.24, 2.45) is 0 Å². The van der Waals surface area contributed by atoms with Crippen molar-refractivity contribution < 1.29 is 9.18 Å². The first kappa shape index (κ1) is 18.3. The molecule has 134 valence electrons. The maximum absolute atomic E-state index is 13.2. The summed E-state index contributed by atoms with van der Waals surface area (Å²) in [6.07, 6.45) is 0. The number of thiophene rings is 1. The molecular weight excluding hydrogens is 347 g/mol. The number of carbonyl (C=O) groups is 1. The maximum Gasteiger partial charge on any atom is 0.234 e. The zero-order valence-electron chi connectivity index (χ0n) is 14.5. The highest BCUT2D eigenvalue weighted by atomic mass is 32.1. The molecule has 2 atom stereocenters. The summed E-state index contributed by atoms with van der Waals surface area (Å²) in [5.41, 5.74) is 1.99. The quantitative estimate of drug-likeness (QED) is 0.647. The molecule has 1 aromatic heterocycles. The molecular formula is C21H21FN2OS. The zero-order valence-corrected chi connectivity index (χ0v) is 15.3. The van der Waals surface area contributed by atoms with Crippen LogP contribution < -0.4 is 10.6 Å². The van der Waals surface area contributed by atoms with E-state index in [9.17, 15) is 9.18 Å². The summed E-state index contributed by atoms with van der Waals surface area (Å²) in [4.78, 5) is 13.5. The number of hydrogen-bond acceptors (Lipinski definition) is 3. The highest BCUT2D eigenvalue weighted by molar-refractivity contribution is 7.10. The summed E-state index contributed by atoms with van der Waals surface area (Å²) in [5.74, 6) is -0.390. The Bertz CT molecular complexity index is 819. The Balaban J connectivity index is 1.65. The van der Waals surface area contributed by atoms with Crippen molar-refractivity contribution in [3.05, 3.63) is 93.9 Å². The SMILES string of the molecule is C[C@H](NCC(=O)N[C@H](c1ccc(F)cc1)c1cccs1)c1ccccc1. The van der Waals surface area contributed by atoms with Gasteiger partial charge in [0.2, 0.25) is 5.91 Å². The fraction of sp³-hybridized carbons (Fsp3) is 0.190. The highest BCUT2D eigenvalue weighted by Gasteiger charge is 2.18. The van der Waals surface area contributed by atoms with Gasteiger partial charge in [0.05, 0.1) is 12.6 Å². The molecule has 0 aliphatic rings. The molecule has 5 heteroatoms. The first-order valence-corrected chi connectivity index (χ1v) is 9.38. The minimum atomic E-state index is -0.289. The maximum atomic E-state index is 13.2. The second kappa shape index (κ2) is 8.74. The van der Waals surface area contributed by atoms with Crippen molar-refractivity contribution in [3.63, 3.8) is 0 Å². The van der Waals surface area contributed by atoms with Crippen LogP contribution in [-0.4, -0.2) is 12.5 Å². The first-order chi connectivity index (χ1) is 12.6. The largest absolute Gasteiger partial charge is 0.343 e. The van der Waals surface area contributed by atoms with Gasteiger partial charge in [-0.05, 0) is 41.6 Å². The molecule has 1 amide bonds. The number of benzene rings is 2. The van der Waals surface area contributed by atoms with Crippen molar-refractivity contribution in [1.82, 2.24) is 10.6 Å².